The van der Waals surface area contributed by atoms with Gasteiger partial charge in [-0.2, -0.15) is 0 Å². The Morgan fingerprint density at radius 1 is 0.750 bits per heavy atom. The van der Waals surface area contributed by atoms with E-state index in [-0.39, 0.29) is 0 Å². The van der Waals surface area contributed by atoms with Gasteiger partial charge in [0.25, 0.3) is 0 Å². The van der Waals surface area contributed by atoms with Gasteiger partial charge in [0.2, 0.25) is 0 Å². The van der Waals surface area contributed by atoms with Gasteiger partial charge in [0.15, 0.2) is 0 Å². The lowest BCUT2D eigenvalue weighted by atomic mass is 10.0. The van der Waals surface area contributed by atoms with Gasteiger partial charge in [0.1, 0.15) is 0 Å². The largest absolute Gasteiger partial charge is 0.853 e. The van der Waals surface area contributed by atoms with Crippen LogP contribution in [0.4, 0.5) is 0 Å². The number of para-hydroxylation sites is 2. The first-order valence-electron chi connectivity index (χ1n) is 5.36. The van der Waals surface area contributed by atoms with Gasteiger partial charge >= 0.3 is 14.8 Å². The summed E-state index contributed by atoms with van der Waals surface area (Å²) in [6, 6.07) is 16.2. The number of hydrogen-bond donors (Lipinski definition) is 0. The molecule has 1 aliphatic heterocycles. The van der Waals surface area contributed by atoms with Gasteiger partial charge in [-0.3, -0.25) is 0 Å². The molecule has 0 unspecified atom stereocenters. The lowest BCUT2D eigenvalue weighted by Crippen LogP contribution is -2.24. The first-order valence-corrected chi connectivity index (χ1v) is 7.46. The molecular weight excluding hydrogens is 215 g/mol. The van der Waals surface area contributed by atoms with Crippen molar-refractivity contribution < 1.29 is 7.58 Å². The standard InChI is InChI=1S/C12H10O2.CH3.Al/c13-11-7-3-1-5-9(11)10-6-2-4-8-12(10)14;;/h1-8,13-14H;1H3;/q;;+2/p-2. The zero-order valence-corrected chi connectivity index (χ0v) is 10.2. The molecule has 1 aliphatic rings. The minimum Gasteiger partial charge on any atom is -0.611 e. The minimum atomic E-state index is -1.61. The van der Waals surface area contributed by atoms with Crippen LogP contribution >= 0.6 is 0 Å². The molecule has 3 rings (SSSR count). The molecule has 0 spiro atoms. The number of fused-ring (bicyclic) bond motifs is 3. The van der Waals surface area contributed by atoms with Crippen molar-refractivity contribution in [2.24, 2.45) is 0 Å². The molecule has 1 heterocycles. The summed E-state index contributed by atoms with van der Waals surface area (Å²) in [4.78, 5) is 0. The van der Waals surface area contributed by atoms with Crippen molar-refractivity contribution in [2.75, 3.05) is 0 Å². The molecule has 0 aliphatic carbocycles. The summed E-state index contributed by atoms with van der Waals surface area (Å²) in [5, 5.41) is 0. The molecular formula is C13H11AlO2. The van der Waals surface area contributed by atoms with Gasteiger partial charge in [-0.05, 0) is 17.9 Å². The molecule has 0 bridgehead atoms. The van der Waals surface area contributed by atoms with Gasteiger partial charge in [0, 0.05) is 11.1 Å². The Labute approximate surface area is 99.5 Å². The molecule has 2 aromatic carbocycles. The van der Waals surface area contributed by atoms with Crippen molar-refractivity contribution in [3.8, 4) is 22.6 Å². The van der Waals surface area contributed by atoms with E-state index in [0.29, 0.717) is 0 Å². The van der Waals surface area contributed by atoms with E-state index in [2.05, 4.69) is 12.1 Å². The number of hydrogen-bond acceptors (Lipinski definition) is 2. The third kappa shape index (κ3) is 1.59. The summed E-state index contributed by atoms with van der Waals surface area (Å²) in [6.07, 6.45) is 0. The highest BCUT2D eigenvalue weighted by molar-refractivity contribution is 6.45. The van der Waals surface area contributed by atoms with Crippen LogP contribution in [0.25, 0.3) is 11.1 Å². The highest BCUT2D eigenvalue weighted by Gasteiger charge is 2.29. The van der Waals surface area contributed by atoms with Crippen molar-refractivity contribution in [1.29, 1.82) is 0 Å². The van der Waals surface area contributed by atoms with E-state index < -0.39 is 14.8 Å². The molecule has 16 heavy (non-hydrogen) atoms. The molecule has 0 atom stereocenters. The molecule has 3 heteroatoms. The van der Waals surface area contributed by atoms with Crippen LogP contribution in [0.15, 0.2) is 48.5 Å². The molecule has 78 valence electrons. The Morgan fingerprint density at radius 2 is 1.19 bits per heavy atom. The van der Waals surface area contributed by atoms with E-state index in [1.807, 2.05) is 42.2 Å². The second-order valence-electron chi connectivity index (χ2n) is 3.80. The fourth-order valence-corrected chi connectivity index (χ4v) is 3.14. The molecule has 0 saturated heterocycles. The second kappa shape index (κ2) is 3.86. The summed E-state index contributed by atoms with van der Waals surface area (Å²) in [5.41, 5.74) is 2.24. The average Bonchev–Trinajstić information content (AvgIpc) is 2.44. The van der Waals surface area contributed by atoms with Crippen LogP contribution < -0.4 is 7.58 Å². The van der Waals surface area contributed by atoms with Crippen LogP contribution in [0.5, 0.6) is 11.5 Å². The summed E-state index contributed by atoms with van der Waals surface area (Å²) in [6.45, 7) is 0. The van der Waals surface area contributed by atoms with Crippen molar-refractivity contribution in [3.63, 3.8) is 0 Å². The second-order valence-corrected chi connectivity index (χ2v) is 5.40. The molecule has 0 radical (unpaired) electrons. The monoisotopic (exact) mass is 226 g/mol. The first-order chi connectivity index (χ1) is 7.84. The molecule has 0 aromatic heterocycles. The Balaban J connectivity index is 2.26. The molecule has 0 fully saturated rings. The molecule has 2 aromatic rings. The number of rotatable bonds is 0. The Kier molecular flexibility index (Phi) is 2.36. The third-order valence-corrected chi connectivity index (χ3v) is 3.82. The topological polar surface area (TPSA) is 18.5 Å². The van der Waals surface area contributed by atoms with Crippen molar-refractivity contribution in [1.82, 2.24) is 0 Å². The summed E-state index contributed by atoms with van der Waals surface area (Å²) in [5.74, 6) is 3.91. The van der Waals surface area contributed by atoms with Crippen LogP contribution in [0.2, 0.25) is 5.79 Å². The smallest absolute Gasteiger partial charge is 0.611 e. The maximum Gasteiger partial charge on any atom is 0.853 e. The van der Waals surface area contributed by atoms with Gasteiger partial charge < -0.3 is 7.58 Å². The fraction of sp³-hybridized carbons (Fsp3) is 0.0769. The zero-order chi connectivity index (χ0) is 11.0. The van der Waals surface area contributed by atoms with Crippen LogP contribution in [0.1, 0.15) is 0 Å². The van der Waals surface area contributed by atoms with E-state index in [0.717, 1.165) is 22.6 Å². The Bertz CT molecular complexity index is 477. The lowest BCUT2D eigenvalue weighted by molar-refractivity contribution is 0.440. The van der Waals surface area contributed by atoms with Crippen LogP contribution in [0.3, 0.4) is 0 Å². The predicted octanol–water partition coefficient (Wildman–Crippen LogP) is 3.24. The summed E-state index contributed by atoms with van der Waals surface area (Å²) in [7, 11) is 0. The van der Waals surface area contributed by atoms with Crippen LogP contribution in [-0.2, 0) is 0 Å². The number of benzene rings is 2. The summed E-state index contributed by atoms with van der Waals surface area (Å²) >= 11 is -1.61. The third-order valence-electron chi connectivity index (χ3n) is 2.65. The maximum absolute atomic E-state index is 5.86. The minimum absolute atomic E-state index is 0.937. The highest BCUT2D eigenvalue weighted by atomic mass is 27.2. The van der Waals surface area contributed by atoms with Crippen LogP contribution in [0, 0.1) is 0 Å². The predicted molar refractivity (Wildman–Crippen MR) is 64.8 cm³/mol. The van der Waals surface area contributed by atoms with Crippen molar-refractivity contribution >= 4 is 14.8 Å². The van der Waals surface area contributed by atoms with E-state index in [1.165, 1.54) is 0 Å². The highest BCUT2D eigenvalue weighted by Crippen LogP contribution is 2.38. The van der Waals surface area contributed by atoms with E-state index in [4.69, 9.17) is 7.58 Å². The van der Waals surface area contributed by atoms with E-state index >= 15 is 0 Å². The lowest BCUT2D eigenvalue weighted by Gasteiger charge is -2.09. The van der Waals surface area contributed by atoms with Gasteiger partial charge in [-0.15, -0.1) is 0 Å². The first kappa shape index (κ1) is 9.77. The van der Waals surface area contributed by atoms with E-state index in [1.54, 1.807) is 0 Å². The molecule has 0 saturated carbocycles. The summed E-state index contributed by atoms with van der Waals surface area (Å²) < 4.78 is 11.7. The van der Waals surface area contributed by atoms with Gasteiger partial charge in [-0.1, -0.05) is 36.4 Å². The quantitative estimate of drug-likeness (QED) is 0.642. The Hall–Kier alpha value is -1.43. The van der Waals surface area contributed by atoms with E-state index in [9.17, 15) is 0 Å². The van der Waals surface area contributed by atoms with Crippen molar-refractivity contribution in [3.05, 3.63) is 48.5 Å². The fourth-order valence-electron chi connectivity index (χ4n) is 1.97. The molecule has 0 N–H and O–H groups in total. The molecule has 2 nitrogen and oxygen atoms in total. The molecule has 0 amide bonds. The Morgan fingerprint density at radius 3 is 1.69 bits per heavy atom. The maximum atomic E-state index is 5.86. The van der Waals surface area contributed by atoms with Gasteiger partial charge in [0.05, 0.1) is 11.5 Å². The zero-order valence-electron chi connectivity index (χ0n) is 9.01. The SMILES string of the molecule is [CH3][Al]1[O]c2ccccc2-c2ccccc2[O]1. The van der Waals surface area contributed by atoms with Gasteiger partial charge in [-0.25, -0.2) is 0 Å². The van der Waals surface area contributed by atoms with Crippen molar-refractivity contribution in [2.45, 2.75) is 5.79 Å². The van der Waals surface area contributed by atoms with Crippen LogP contribution in [-0.4, -0.2) is 14.8 Å². The normalized spacial score (nSPS) is 12.9. The average molecular weight is 226 g/mol.